The molecule has 0 saturated carbocycles. The highest BCUT2D eigenvalue weighted by Crippen LogP contribution is 2.30. The molecule has 5 heteroatoms. The van der Waals surface area contributed by atoms with E-state index in [2.05, 4.69) is 57.5 Å². The molecule has 1 aromatic heterocycles. The van der Waals surface area contributed by atoms with Crippen LogP contribution in [0.3, 0.4) is 0 Å². The van der Waals surface area contributed by atoms with Gasteiger partial charge in [0.05, 0.1) is 22.7 Å². The highest BCUT2D eigenvalue weighted by atomic mass is 127. The van der Waals surface area contributed by atoms with E-state index in [1.54, 1.807) is 0 Å². The smallest absolute Gasteiger partial charge is 0.137 e. The van der Waals surface area contributed by atoms with Crippen LogP contribution in [0.15, 0.2) is 10.7 Å². The molecule has 0 radical (unpaired) electrons. The number of rotatable bonds is 2. The molecule has 2 heterocycles. The molecule has 0 bridgehead atoms. The lowest BCUT2D eigenvalue weighted by atomic mass is 10.1. The van der Waals surface area contributed by atoms with E-state index < -0.39 is 0 Å². The molecular formula is C10H14BrIN2O. The van der Waals surface area contributed by atoms with Crippen LogP contribution in [0, 0.1) is 3.70 Å². The second kappa shape index (κ2) is 4.33. The van der Waals surface area contributed by atoms with Gasteiger partial charge < -0.3 is 4.74 Å². The van der Waals surface area contributed by atoms with Crippen molar-refractivity contribution < 1.29 is 4.74 Å². The minimum absolute atomic E-state index is 0.0439. The van der Waals surface area contributed by atoms with Crippen LogP contribution in [0.2, 0.25) is 0 Å². The molecule has 0 aliphatic carbocycles. The highest BCUT2D eigenvalue weighted by Gasteiger charge is 2.31. The first-order chi connectivity index (χ1) is 6.96. The van der Waals surface area contributed by atoms with E-state index in [9.17, 15) is 0 Å². The van der Waals surface area contributed by atoms with Crippen molar-refractivity contribution in [1.29, 1.82) is 0 Å². The topological polar surface area (TPSA) is 27.1 Å². The van der Waals surface area contributed by atoms with E-state index >= 15 is 0 Å². The molecule has 84 valence electrons. The van der Waals surface area contributed by atoms with Crippen LogP contribution in [-0.2, 0) is 11.3 Å². The minimum Gasteiger partial charge on any atom is -0.370 e. The lowest BCUT2D eigenvalue weighted by molar-refractivity contribution is -0.0230. The van der Waals surface area contributed by atoms with E-state index in [-0.39, 0.29) is 5.60 Å². The van der Waals surface area contributed by atoms with Crippen molar-refractivity contribution in [2.24, 2.45) is 0 Å². The fourth-order valence-electron chi connectivity index (χ4n) is 1.88. The fourth-order valence-corrected chi connectivity index (χ4v) is 2.61. The summed E-state index contributed by atoms with van der Waals surface area (Å²) < 4.78 is 9.94. The number of ether oxygens (including phenoxy) is 1. The van der Waals surface area contributed by atoms with Gasteiger partial charge in [-0.25, -0.2) is 0 Å². The van der Waals surface area contributed by atoms with Crippen LogP contribution >= 0.6 is 38.5 Å². The zero-order chi connectivity index (χ0) is 11.1. The van der Waals surface area contributed by atoms with Gasteiger partial charge in [0.25, 0.3) is 0 Å². The van der Waals surface area contributed by atoms with Gasteiger partial charge in [0.2, 0.25) is 0 Å². The van der Waals surface area contributed by atoms with Gasteiger partial charge >= 0.3 is 0 Å². The number of aromatic nitrogens is 2. The Balaban J connectivity index is 1.98. The Bertz CT molecular complexity index is 345. The molecule has 1 fully saturated rings. The van der Waals surface area contributed by atoms with Crippen molar-refractivity contribution in [3.05, 3.63) is 14.4 Å². The molecule has 1 unspecified atom stereocenters. The molecule has 3 nitrogen and oxygen atoms in total. The molecule has 1 aliphatic heterocycles. The maximum Gasteiger partial charge on any atom is 0.137 e. The van der Waals surface area contributed by atoms with Gasteiger partial charge in [0, 0.05) is 6.20 Å². The molecule has 0 amide bonds. The van der Waals surface area contributed by atoms with Gasteiger partial charge in [0.15, 0.2) is 0 Å². The van der Waals surface area contributed by atoms with Gasteiger partial charge in [0.1, 0.15) is 3.70 Å². The van der Waals surface area contributed by atoms with Crippen LogP contribution in [0.4, 0.5) is 0 Å². The molecule has 1 saturated heterocycles. The zero-order valence-electron chi connectivity index (χ0n) is 8.83. The summed E-state index contributed by atoms with van der Waals surface area (Å²) in [6, 6.07) is 0. The molecule has 1 atom stereocenters. The molecule has 1 aliphatic rings. The van der Waals surface area contributed by atoms with E-state index in [0.29, 0.717) is 6.10 Å². The Morgan fingerprint density at radius 2 is 2.47 bits per heavy atom. The SMILES string of the molecule is CC1(C)CCC(Cn2cc(Br)c(I)n2)O1. The number of halogens is 2. The van der Waals surface area contributed by atoms with Crippen LogP contribution in [0.25, 0.3) is 0 Å². The maximum absolute atomic E-state index is 5.92. The van der Waals surface area contributed by atoms with E-state index in [1.807, 2.05) is 10.9 Å². The summed E-state index contributed by atoms with van der Waals surface area (Å²) in [6.45, 7) is 5.15. The van der Waals surface area contributed by atoms with Crippen LogP contribution in [0.1, 0.15) is 26.7 Å². The predicted molar refractivity (Wildman–Crippen MR) is 70.8 cm³/mol. The standard InChI is InChI=1S/C10H14BrIN2O/c1-10(2)4-3-7(15-10)5-14-6-8(11)9(12)13-14/h6-7H,3-5H2,1-2H3. The third kappa shape index (κ3) is 2.94. The minimum atomic E-state index is 0.0439. The largest absolute Gasteiger partial charge is 0.370 e. The summed E-state index contributed by atoms with van der Waals surface area (Å²) in [6.07, 6.45) is 4.58. The highest BCUT2D eigenvalue weighted by molar-refractivity contribution is 14.1. The Kier molecular flexibility index (Phi) is 3.42. The molecule has 1 aromatic rings. The van der Waals surface area contributed by atoms with Gasteiger partial charge in [-0.1, -0.05) is 0 Å². The second-order valence-electron chi connectivity index (χ2n) is 4.53. The first-order valence-electron chi connectivity index (χ1n) is 5.02. The fraction of sp³-hybridized carbons (Fsp3) is 0.700. The summed E-state index contributed by atoms with van der Waals surface area (Å²) in [5.74, 6) is 0. The summed E-state index contributed by atoms with van der Waals surface area (Å²) >= 11 is 5.68. The van der Waals surface area contributed by atoms with E-state index in [0.717, 1.165) is 27.6 Å². The third-order valence-electron chi connectivity index (χ3n) is 2.62. The predicted octanol–water partition coefficient (Wildman–Crippen LogP) is 3.21. The summed E-state index contributed by atoms with van der Waals surface area (Å²) in [5, 5.41) is 4.40. The van der Waals surface area contributed by atoms with Gasteiger partial charge in [-0.2, -0.15) is 5.10 Å². The first kappa shape index (κ1) is 11.9. The molecule has 0 spiro atoms. The lowest BCUT2D eigenvalue weighted by Gasteiger charge is -2.19. The average Bonchev–Trinajstić information content (AvgIpc) is 2.58. The third-order valence-corrected chi connectivity index (χ3v) is 4.74. The molecule has 0 N–H and O–H groups in total. The summed E-state index contributed by atoms with van der Waals surface area (Å²) in [7, 11) is 0. The van der Waals surface area contributed by atoms with Gasteiger partial charge in [-0.15, -0.1) is 0 Å². The van der Waals surface area contributed by atoms with Crippen LogP contribution in [0.5, 0.6) is 0 Å². The molecule has 2 rings (SSSR count). The molecule has 0 aromatic carbocycles. The number of hydrogen-bond acceptors (Lipinski definition) is 2. The van der Waals surface area contributed by atoms with Gasteiger partial charge in [-0.3, -0.25) is 4.68 Å². The van der Waals surface area contributed by atoms with Crippen molar-refractivity contribution >= 4 is 38.5 Å². The molecule has 15 heavy (non-hydrogen) atoms. The summed E-state index contributed by atoms with van der Waals surface area (Å²) in [4.78, 5) is 0. The number of nitrogens with zero attached hydrogens (tertiary/aromatic N) is 2. The quantitative estimate of drug-likeness (QED) is 0.732. The lowest BCUT2D eigenvalue weighted by Crippen LogP contribution is -2.23. The summed E-state index contributed by atoms with van der Waals surface area (Å²) in [5.41, 5.74) is 0.0439. The zero-order valence-corrected chi connectivity index (χ0v) is 12.6. The monoisotopic (exact) mass is 384 g/mol. The first-order valence-corrected chi connectivity index (χ1v) is 6.90. The van der Waals surface area contributed by atoms with Gasteiger partial charge in [-0.05, 0) is 65.2 Å². The Morgan fingerprint density at radius 3 is 2.93 bits per heavy atom. The number of hydrogen-bond donors (Lipinski definition) is 0. The normalized spacial score (nSPS) is 24.7. The Morgan fingerprint density at radius 1 is 1.73 bits per heavy atom. The Hall–Kier alpha value is 0.380. The molecular weight excluding hydrogens is 371 g/mol. The van der Waals surface area contributed by atoms with E-state index in [4.69, 9.17) is 4.74 Å². The van der Waals surface area contributed by atoms with Crippen LogP contribution in [-0.4, -0.2) is 21.5 Å². The van der Waals surface area contributed by atoms with E-state index in [1.165, 1.54) is 0 Å². The van der Waals surface area contributed by atoms with Crippen molar-refractivity contribution in [2.45, 2.75) is 44.9 Å². The van der Waals surface area contributed by atoms with Crippen molar-refractivity contribution in [2.75, 3.05) is 0 Å². The van der Waals surface area contributed by atoms with Crippen molar-refractivity contribution in [3.63, 3.8) is 0 Å². The average molecular weight is 385 g/mol. The van der Waals surface area contributed by atoms with Crippen LogP contribution < -0.4 is 0 Å². The maximum atomic E-state index is 5.92. The Labute approximate surface area is 112 Å². The van der Waals surface area contributed by atoms with Crippen molar-refractivity contribution in [1.82, 2.24) is 9.78 Å². The second-order valence-corrected chi connectivity index (χ2v) is 6.40. The van der Waals surface area contributed by atoms with Crippen molar-refractivity contribution in [3.8, 4) is 0 Å².